The summed E-state index contributed by atoms with van der Waals surface area (Å²) >= 11 is 0. The molecule has 1 aliphatic rings. The van der Waals surface area contributed by atoms with Crippen LogP contribution in [0.2, 0.25) is 0 Å². The van der Waals surface area contributed by atoms with Gasteiger partial charge in [-0.25, -0.2) is 0 Å². The molecular weight excluding hydrogens is 276 g/mol. The molecule has 1 heterocycles. The lowest BCUT2D eigenvalue weighted by atomic mass is 9.91. The molecule has 2 atom stereocenters. The Hall–Kier alpha value is -1.39. The van der Waals surface area contributed by atoms with Gasteiger partial charge in [-0.15, -0.1) is 0 Å². The minimum Gasteiger partial charge on any atom is -0.395 e. The molecule has 0 bridgehead atoms. The summed E-state index contributed by atoms with van der Waals surface area (Å²) in [5, 5.41) is 12.7. The van der Waals surface area contributed by atoms with Crippen molar-refractivity contribution in [1.29, 1.82) is 0 Å². The van der Waals surface area contributed by atoms with E-state index in [0.29, 0.717) is 12.5 Å². The zero-order chi connectivity index (χ0) is 16.1. The standard InChI is InChI=1S/C18H28N2O2/c1-4-15-9-5-7-14(3)18(15)19-17(22)11-20-10-6-8-13(2)16(20)12-21/h5,7,9,13,16,21H,4,6,8,10-12H2,1-3H3,(H,19,22). The molecule has 122 valence electrons. The number of aliphatic hydroxyl groups is 1. The summed E-state index contributed by atoms with van der Waals surface area (Å²) in [6.45, 7) is 7.64. The number of hydrogen-bond acceptors (Lipinski definition) is 3. The highest BCUT2D eigenvalue weighted by atomic mass is 16.3. The number of aliphatic hydroxyl groups excluding tert-OH is 1. The summed E-state index contributed by atoms with van der Waals surface area (Å²) in [5.41, 5.74) is 3.21. The number of piperidine rings is 1. The van der Waals surface area contributed by atoms with Gasteiger partial charge >= 0.3 is 0 Å². The Balaban J connectivity index is 2.04. The van der Waals surface area contributed by atoms with Crippen molar-refractivity contribution < 1.29 is 9.90 Å². The van der Waals surface area contributed by atoms with Crippen LogP contribution in [0.3, 0.4) is 0 Å². The number of para-hydroxylation sites is 1. The summed E-state index contributed by atoms with van der Waals surface area (Å²) in [6, 6.07) is 6.20. The highest BCUT2D eigenvalue weighted by Gasteiger charge is 2.29. The summed E-state index contributed by atoms with van der Waals surface area (Å²) in [5.74, 6) is 0.452. The number of anilines is 1. The van der Waals surface area contributed by atoms with Crippen molar-refractivity contribution in [3.8, 4) is 0 Å². The van der Waals surface area contributed by atoms with Crippen LogP contribution in [0, 0.1) is 12.8 Å². The van der Waals surface area contributed by atoms with Crippen molar-refractivity contribution in [2.24, 2.45) is 5.92 Å². The maximum absolute atomic E-state index is 12.4. The predicted octanol–water partition coefficient (Wildman–Crippen LogP) is 2.59. The molecule has 22 heavy (non-hydrogen) atoms. The van der Waals surface area contributed by atoms with E-state index >= 15 is 0 Å². The van der Waals surface area contributed by atoms with E-state index in [-0.39, 0.29) is 18.6 Å². The summed E-state index contributed by atoms with van der Waals surface area (Å²) < 4.78 is 0. The maximum Gasteiger partial charge on any atom is 0.238 e. The summed E-state index contributed by atoms with van der Waals surface area (Å²) in [4.78, 5) is 14.6. The first-order valence-corrected chi connectivity index (χ1v) is 8.30. The van der Waals surface area contributed by atoms with E-state index in [2.05, 4.69) is 30.1 Å². The van der Waals surface area contributed by atoms with Gasteiger partial charge in [0.25, 0.3) is 0 Å². The zero-order valence-electron chi connectivity index (χ0n) is 13.9. The van der Waals surface area contributed by atoms with Crippen LogP contribution in [0.5, 0.6) is 0 Å². The molecule has 0 aliphatic carbocycles. The number of carbonyl (C=O) groups excluding carboxylic acids is 1. The third kappa shape index (κ3) is 3.87. The SMILES string of the molecule is CCc1cccc(C)c1NC(=O)CN1CCCC(C)C1CO. The van der Waals surface area contributed by atoms with E-state index in [1.54, 1.807) is 0 Å². The molecule has 2 rings (SSSR count). The number of rotatable bonds is 5. The van der Waals surface area contributed by atoms with Crippen molar-refractivity contribution in [3.63, 3.8) is 0 Å². The fourth-order valence-electron chi connectivity index (χ4n) is 3.39. The molecule has 1 fully saturated rings. The molecule has 1 amide bonds. The predicted molar refractivity (Wildman–Crippen MR) is 90.0 cm³/mol. The van der Waals surface area contributed by atoms with Gasteiger partial charge in [0.1, 0.15) is 0 Å². The fraction of sp³-hybridized carbons (Fsp3) is 0.611. The van der Waals surface area contributed by atoms with Gasteiger partial charge < -0.3 is 10.4 Å². The summed E-state index contributed by atoms with van der Waals surface area (Å²) in [6.07, 6.45) is 3.12. The van der Waals surface area contributed by atoms with Crippen molar-refractivity contribution >= 4 is 11.6 Å². The van der Waals surface area contributed by atoms with E-state index in [0.717, 1.165) is 37.1 Å². The van der Waals surface area contributed by atoms with Gasteiger partial charge in [0, 0.05) is 11.7 Å². The number of aryl methyl sites for hydroxylation is 2. The topological polar surface area (TPSA) is 52.6 Å². The van der Waals surface area contributed by atoms with Gasteiger partial charge in [-0.3, -0.25) is 9.69 Å². The second-order valence-electron chi connectivity index (χ2n) is 6.35. The molecule has 4 heteroatoms. The van der Waals surface area contributed by atoms with Crippen LogP contribution in [-0.2, 0) is 11.2 Å². The van der Waals surface area contributed by atoms with Gasteiger partial charge in [-0.1, -0.05) is 32.0 Å². The van der Waals surface area contributed by atoms with Gasteiger partial charge in [0.15, 0.2) is 0 Å². The van der Waals surface area contributed by atoms with Gasteiger partial charge in [0.2, 0.25) is 5.91 Å². The Morgan fingerprint density at radius 2 is 2.23 bits per heavy atom. The average Bonchev–Trinajstić information content (AvgIpc) is 2.49. The number of likely N-dealkylation sites (tertiary alicyclic amines) is 1. The number of nitrogens with one attached hydrogen (secondary N) is 1. The molecule has 4 nitrogen and oxygen atoms in total. The Morgan fingerprint density at radius 3 is 2.91 bits per heavy atom. The molecule has 0 radical (unpaired) electrons. The molecule has 1 saturated heterocycles. The van der Waals surface area contributed by atoms with Crippen LogP contribution in [0.4, 0.5) is 5.69 Å². The van der Waals surface area contributed by atoms with E-state index in [1.807, 2.05) is 19.1 Å². The van der Waals surface area contributed by atoms with Crippen molar-refractivity contribution in [2.45, 2.75) is 46.1 Å². The molecule has 0 saturated carbocycles. The summed E-state index contributed by atoms with van der Waals surface area (Å²) in [7, 11) is 0. The van der Waals surface area contributed by atoms with Crippen molar-refractivity contribution in [2.75, 3.05) is 25.0 Å². The monoisotopic (exact) mass is 304 g/mol. The Bertz CT molecular complexity index is 516. The van der Waals surface area contributed by atoms with Gasteiger partial charge in [-0.2, -0.15) is 0 Å². The molecule has 2 unspecified atom stereocenters. The van der Waals surface area contributed by atoms with Gasteiger partial charge in [-0.05, 0) is 49.8 Å². The molecule has 0 aromatic heterocycles. The second kappa shape index (κ2) is 7.75. The Kier molecular flexibility index (Phi) is 5.98. The minimum atomic E-state index is 0.0107. The minimum absolute atomic E-state index is 0.0107. The van der Waals surface area contributed by atoms with E-state index in [4.69, 9.17) is 0 Å². The molecule has 1 aromatic carbocycles. The second-order valence-corrected chi connectivity index (χ2v) is 6.35. The van der Waals surface area contributed by atoms with Crippen molar-refractivity contribution in [3.05, 3.63) is 29.3 Å². The van der Waals surface area contributed by atoms with Crippen LogP contribution in [0.1, 0.15) is 37.8 Å². The first-order chi connectivity index (χ1) is 10.6. The maximum atomic E-state index is 12.4. The zero-order valence-corrected chi connectivity index (χ0v) is 13.9. The number of carbonyl (C=O) groups is 1. The smallest absolute Gasteiger partial charge is 0.238 e. The first kappa shape index (κ1) is 17.0. The Morgan fingerprint density at radius 1 is 1.45 bits per heavy atom. The van der Waals surface area contributed by atoms with Crippen molar-refractivity contribution in [1.82, 2.24) is 4.90 Å². The lowest BCUT2D eigenvalue weighted by Gasteiger charge is -2.38. The van der Waals surface area contributed by atoms with E-state index in [9.17, 15) is 9.90 Å². The average molecular weight is 304 g/mol. The molecule has 1 aliphatic heterocycles. The highest BCUT2D eigenvalue weighted by molar-refractivity contribution is 5.93. The van der Waals surface area contributed by atoms with Gasteiger partial charge in [0.05, 0.1) is 13.2 Å². The number of benzene rings is 1. The molecular formula is C18H28N2O2. The van der Waals surface area contributed by atoms with E-state index < -0.39 is 0 Å². The molecule has 1 aromatic rings. The number of hydrogen-bond donors (Lipinski definition) is 2. The van der Waals surface area contributed by atoms with E-state index in [1.165, 1.54) is 5.56 Å². The normalized spacial score (nSPS) is 22.5. The first-order valence-electron chi connectivity index (χ1n) is 8.30. The largest absolute Gasteiger partial charge is 0.395 e. The fourth-order valence-corrected chi connectivity index (χ4v) is 3.39. The number of nitrogens with zero attached hydrogens (tertiary/aromatic N) is 1. The van der Waals surface area contributed by atoms with Crippen LogP contribution in [0.15, 0.2) is 18.2 Å². The third-order valence-electron chi connectivity index (χ3n) is 4.77. The quantitative estimate of drug-likeness (QED) is 0.879. The molecule has 2 N–H and O–H groups in total. The lowest BCUT2D eigenvalue weighted by Crippen LogP contribution is -2.49. The molecule has 0 spiro atoms. The van der Waals surface area contributed by atoms with Crippen LogP contribution < -0.4 is 5.32 Å². The third-order valence-corrected chi connectivity index (χ3v) is 4.77. The lowest BCUT2D eigenvalue weighted by molar-refractivity contribution is -0.118. The van der Waals surface area contributed by atoms with Crippen LogP contribution >= 0.6 is 0 Å². The number of amides is 1. The van der Waals surface area contributed by atoms with Crippen LogP contribution in [0.25, 0.3) is 0 Å². The highest BCUT2D eigenvalue weighted by Crippen LogP contribution is 2.24. The van der Waals surface area contributed by atoms with Crippen LogP contribution in [-0.4, -0.2) is 41.7 Å². The Labute approximate surface area is 133 Å².